The predicted octanol–water partition coefficient (Wildman–Crippen LogP) is 21.6. The summed E-state index contributed by atoms with van der Waals surface area (Å²) in [6, 6.07) is 0. The van der Waals surface area contributed by atoms with E-state index < -0.39 is 97.5 Å². The molecular formula is C74H144O17P2. The van der Waals surface area contributed by atoms with Gasteiger partial charge in [0.25, 0.3) is 0 Å². The van der Waals surface area contributed by atoms with Crippen molar-refractivity contribution in [3.63, 3.8) is 0 Å². The van der Waals surface area contributed by atoms with Crippen LogP contribution in [0.3, 0.4) is 0 Å². The molecule has 19 heteroatoms. The Balaban J connectivity index is 5.18. The third-order valence-corrected chi connectivity index (χ3v) is 19.1. The number of hydrogen-bond donors (Lipinski definition) is 3. The van der Waals surface area contributed by atoms with Crippen molar-refractivity contribution >= 4 is 39.5 Å². The van der Waals surface area contributed by atoms with Crippen LogP contribution in [0.4, 0.5) is 0 Å². The van der Waals surface area contributed by atoms with E-state index in [2.05, 4.69) is 41.5 Å². The fourth-order valence-electron chi connectivity index (χ4n) is 11.3. The van der Waals surface area contributed by atoms with Crippen LogP contribution in [-0.2, 0) is 65.4 Å². The number of phosphoric ester groups is 2. The number of phosphoric acid groups is 2. The van der Waals surface area contributed by atoms with Gasteiger partial charge in [-0.05, 0) is 37.5 Å². The Kier molecular flexibility index (Phi) is 64.6. The second-order valence-electron chi connectivity index (χ2n) is 27.6. The lowest BCUT2D eigenvalue weighted by Crippen LogP contribution is -2.30. The molecule has 3 N–H and O–H groups in total. The van der Waals surface area contributed by atoms with Crippen LogP contribution in [0, 0.1) is 11.8 Å². The molecule has 5 atom stereocenters. The number of rotatable bonds is 73. The highest BCUT2D eigenvalue weighted by Gasteiger charge is 2.30. The van der Waals surface area contributed by atoms with Crippen molar-refractivity contribution in [1.82, 2.24) is 0 Å². The van der Waals surface area contributed by atoms with Crippen LogP contribution in [-0.4, -0.2) is 96.7 Å². The van der Waals surface area contributed by atoms with Gasteiger partial charge in [-0.2, -0.15) is 0 Å². The van der Waals surface area contributed by atoms with Crippen molar-refractivity contribution in [2.75, 3.05) is 39.6 Å². The molecule has 0 spiro atoms. The van der Waals surface area contributed by atoms with Crippen molar-refractivity contribution in [3.05, 3.63) is 0 Å². The van der Waals surface area contributed by atoms with Crippen LogP contribution in [0.25, 0.3) is 0 Å². The Morgan fingerprint density at radius 1 is 0.290 bits per heavy atom. The summed E-state index contributed by atoms with van der Waals surface area (Å²) >= 11 is 0. The second-order valence-corrected chi connectivity index (χ2v) is 30.5. The summed E-state index contributed by atoms with van der Waals surface area (Å²) in [6.45, 7) is 9.49. The molecule has 0 aliphatic carbocycles. The highest BCUT2D eigenvalue weighted by molar-refractivity contribution is 7.47. The van der Waals surface area contributed by atoms with Gasteiger partial charge >= 0.3 is 39.5 Å². The fraction of sp³-hybridized carbons (Fsp3) is 0.946. The van der Waals surface area contributed by atoms with Crippen LogP contribution < -0.4 is 0 Å². The van der Waals surface area contributed by atoms with Gasteiger partial charge < -0.3 is 33.8 Å². The van der Waals surface area contributed by atoms with E-state index in [0.717, 1.165) is 102 Å². The van der Waals surface area contributed by atoms with E-state index in [0.29, 0.717) is 31.6 Å². The van der Waals surface area contributed by atoms with Gasteiger partial charge in [-0.1, -0.05) is 330 Å². The molecule has 0 fully saturated rings. The summed E-state index contributed by atoms with van der Waals surface area (Å²) in [6.07, 6.45) is 53.1. The first-order valence-corrected chi connectivity index (χ1v) is 41.5. The zero-order valence-corrected chi connectivity index (χ0v) is 62.3. The lowest BCUT2D eigenvalue weighted by Gasteiger charge is -2.21. The first kappa shape index (κ1) is 91.1. The number of esters is 4. The smallest absolute Gasteiger partial charge is 0.462 e. The third-order valence-electron chi connectivity index (χ3n) is 17.2. The zero-order chi connectivity index (χ0) is 68.6. The Labute approximate surface area is 568 Å². The van der Waals surface area contributed by atoms with E-state index in [1.54, 1.807) is 0 Å². The molecule has 0 saturated carbocycles. The summed E-state index contributed by atoms with van der Waals surface area (Å²) in [5, 5.41) is 10.6. The molecule has 0 heterocycles. The largest absolute Gasteiger partial charge is 0.472 e. The van der Waals surface area contributed by atoms with E-state index in [1.807, 2.05) is 0 Å². The number of carbonyl (C=O) groups excluding carboxylic acids is 4. The highest BCUT2D eigenvalue weighted by atomic mass is 31.2. The number of aliphatic hydroxyl groups excluding tert-OH is 1. The Bertz CT molecular complexity index is 1800. The molecule has 0 rings (SSSR count). The number of hydrogen-bond acceptors (Lipinski definition) is 15. The Hall–Kier alpha value is -1.94. The van der Waals surface area contributed by atoms with Gasteiger partial charge in [0.05, 0.1) is 26.4 Å². The summed E-state index contributed by atoms with van der Waals surface area (Å²) < 4.78 is 68.3. The molecule has 0 aromatic carbocycles. The number of aliphatic hydroxyl groups is 1. The molecule has 0 saturated heterocycles. The van der Waals surface area contributed by atoms with Gasteiger partial charge in [-0.15, -0.1) is 0 Å². The summed E-state index contributed by atoms with van der Waals surface area (Å²) in [4.78, 5) is 72.5. The van der Waals surface area contributed by atoms with Gasteiger partial charge in [0.15, 0.2) is 12.2 Å². The molecule has 0 aromatic rings. The average Bonchev–Trinajstić information content (AvgIpc) is 2.51. The van der Waals surface area contributed by atoms with Crippen LogP contribution >= 0.6 is 15.6 Å². The molecule has 0 amide bonds. The summed E-state index contributed by atoms with van der Waals surface area (Å²) in [5.74, 6) is -0.647. The minimum Gasteiger partial charge on any atom is -0.462 e. The summed E-state index contributed by atoms with van der Waals surface area (Å²) in [5.41, 5.74) is 0. The molecular weight excluding hydrogens is 1220 g/mol. The van der Waals surface area contributed by atoms with E-state index in [4.69, 9.17) is 37.0 Å². The first-order chi connectivity index (χ1) is 44.9. The van der Waals surface area contributed by atoms with Crippen molar-refractivity contribution < 1.29 is 80.2 Å². The monoisotopic (exact) mass is 1370 g/mol. The van der Waals surface area contributed by atoms with E-state index >= 15 is 0 Å². The highest BCUT2D eigenvalue weighted by Crippen LogP contribution is 2.45. The molecule has 2 unspecified atom stereocenters. The summed E-state index contributed by atoms with van der Waals surface area (Å²) in [7, 11) is -9.90. The van der Waals surface area contributed by atoms with Crippen molar-refractivity contribution in [2.45, 2.75) is 400 Å². The average molecular weight is 1370 g/mol. The second kappa shape index (κ2) is 66.0. The molecule has 552 valence electrons. The molecule has 17 nitrogen and oxygen atoms in total. The number of carbonyl (C=O) groups is 4. The predicted molar refractivity (Wildman–Crippen MR) is 377 cm³/mol. The van der Waals surface area contributed by atoms with Crippen LogP contribution in [0.15, 0.2) is 0 Å². The van der Waals surface area contributed by atoms with Crippen molar-refractivity contribution in [3.8, 4) is 0 Å². The van der Waals surface area contributed by atoms with E-state index in [9.17, 15) is 43.2 Å². The Morgan fingerprint density at radius 3 is 0.731 bits per heavy atom. The maximum atomic E-state index is 13.1. The fourth-order valence-corrected chi connectivity index (χ4v) is 12.9. The van der Waals surface area contributed by atoms with Crippen molar-refractivity contribution in [1.29, 1.82) is 0 Å². The lowest BCUT2D eigenvalue weighted by atomic mass is 10.0. The minimum atomic E-state index is -4.95. The standard InChI is InChI=1S/C74H144O17P2/c1-7-9-11-13-15-17-18-19-20-21-25-28-31-34-38-45-51-57-72(77)85-62-69(90-73(78)58-52-46-39-35-32-29-26-23-22-24-27-30-33-36-42-48-54-66(3)4)64-88-92(80,81)86-60-68(75)61-87-93(82,83)89-65-70(63-84-71(76)56-50-44-37-16-14-12-10-8-2)91-74(79)59-53-47-41-40-43-49-55-67(5)6/h66-70,75H,7-65H2,1-6H3,(H,80,81)(H,82,83)/t68-,69-,70-/m1/s1. The van der Waals surface area contributed by atoms with E-state index in [-0.39, 0.29) is 25.7 Å². The SMILES string of the molecule is CCCCCCCCCCCCCCCCCCCC(=O)OC[C@H](COP(=O)(O)OC[C@@H](O)COP(=O)(O)OC[C@@H](COC(=O)CCCCCCCCCC)OC(=O)CCCCCCCCC(C)C)OC(=O)CCCCCCCCCCCCCCCCCCC(C)C. The normalized spacial score (nSPS) is 14.1. The van der Waals surface area contributed by atoms with Crippen LogP contribution in [0.1, 0.15) is 382 Å². The topological polar surface area (TPSA) is 237 Å². The quantitative estimate of drug-likeness (QED) is 0.0222. The minimum absolute atomic E-state index is 0.102. The van der Waals surface area contributed by atoms with Gasteiger partial charge in [-0.3, -0.25) is 37.3 Å². The van der Waals surface area contributed by atoms with Crippen molar-refractivity contribution in [2.24, 2.45) is 11.8 Å². The molecule has 0 aromatic heterocycles. The maximum absolute atomic E-state index is 13.1. The number of unbranched alkanes of at least 4 members (excludes halogenated alkanes) is 43. The Morgan fingerprint density at radius 2 is 0.495 bits per heavy atom. The lowest BCUT2D eigenvalue weighted by molar-refractivity contribution is -0.161. The van der Waals surface area contributed by atoms with Gasteiger partial charge in [-0.25, -0.2) is 9.13 Å². The molecule has 0 aliphatic rings. The molecule has 0 radical (unpaired) electrons. The first-order valence-electron chi connectivity index (χ1n) is 38.5. The van der Waals surface area contributed by atoms with E-state index in [1.165, 1.54) is 193 Å². The molecule has 0 aliphatic heterocycles. The number of ether oxygens (including phenoxy) is 4. The molecule has 0 bridgehead atoms. The maximum Gasteiger partial charge on any atom is 0.472 e. The molecule has 93 heavy (non-hydrogen) atoms. The van der Waals surface area contributed by atoms with Gasteiger partial charge in [0, 0.05) is 25.7 Å². The van der Waals surface area contributed by atoms with Crippen LogP contribution in [0.2, 0.25) is 0 Å². The van der Waals surface area contributed by atoms with Gasteiger partial charge in [0.1, 0.15) is 19.3 Å². The van der Waals surface area contributed by atoms with Gasteiger partial charge in [0.2, 0.25) is 0 Å². The third kappa shape index (κ3) is 68.4. The van der Waals surface area contributed by atoms with Crippen LogP contribution in [0.5, 0.6) is 0 Å². The zero-order valence-electron chi connectivity index (χ0n) is 60.6.